The highest BCUT2D eigenvalue weighted by atomic mass is 32.2. The number of rotatable bonds is 9. The zero-order chi connectivity index (χ0) is 34.1. The lowest BCUT2D eigenvalue weighted by molar-refractivity contribution is 0.0524. The Morgan fingerprint density at radius 2 is 1.84 bits per heavy atom. The Morgan fingerprint density at radius 3 is 2.57 bits per heavy atom. The number of nitrogens with zero attached hydrogens (tertiary/aromatic N) is 3. The van der Waals surface area contributed by atoms with Crippen LogP contribution in [-0.2, 0) is 16.0 Å². The molecule has 4 aromatic rings. The second kappa shape index (κ2) is 14.5. The molecule has 0 atom stereocenters. The van der Waals surface area contributed by atoms with Crippen LogP contribution in [0.3, 0.4) is 0 Å². The van der Waals surface area contributed by atoms with Crippen LogP contribution >= 0.6 is 11.9 Å². The lowest BCUT2D eigenvalue weighted by atomic mass is 9.81. The first kappa shape index (κ1) is 33.5. The Hall–Kier alpha value is -4.02. The van der Waals surface area contributed by atoms with E-state index in [9.17, 15) is 9.59 Å². The van der Waals surface area contributed by atoms with Gasteiger partial charge in [-0.05, 0) is 104 Å². The zero-order valence-corrected chi connectivity index (χ0v) is 29.7. The summed E-state index contributed by atoms with van der Waals surface area (Å²) in [7, 11) is 1.69. The smallest absolute Gasteiger partial charge is 0.341 e. The number of methoxy groups -OCH3 is 1. The summed E-state index contributed by atoms with van der Waals surface area (Å²) >= 11 is 1.43. The number of allylic oxidation sites excluding steroid dienone is 1. The summed E-state index contributed by atoms with van der Waals surface area (Å²) in [6.45, 7) is 8.01. The summed E-state index contributed by atoms with van der Waals surface area (Å²) in [5, 5.41) is 6.29. The highest BCUT2D eigenvalue weighted by molar-refractivity contribution is 7.98. The van der Waals surface area contributed by atoms with Gasteiger partial charge in [0.25, 0.3) is 5.91 Å². The molecule has 0 bridgehead atoms. The molecule has 1 amide bonds. The number of nitrogens with one attached hydrogen (secondary N) is 1. The van der Waals surface area contributed by atoms with Crippen molar-refractivity contribution in [2.75, 3.05) is 26.9 Å². The molecule has 2 aromatic carbocycles. The maximum Gasteiger partial charge on any atom is 0.341 e. The Kier molecular flexibility index (Phi) is 9.87. The van der Waals surface area contributed by atoms with E-state index in [0.29, 0.717) is 36.8 Å². The van der Waals surface area contributed by atoms with E-state index in [0.717, 1.165) is 59.3 Å². The summed E-state index contributed by atoms with van der Waals surface area (Å²) in [6.07, 6.45) is 11.4. The van der Waals surface area contributed by atoms with Crippen molar-refractivity contribution in [1.82, 2.24) is 19.1 Å². The van der Waals surface area contributed by atoms with Crippen molar-refractivity contribution in [3.8, 4) is 17.0 Å². The Balaban J connectivity index is 1.48. The van der Waals surface area contributed by atoms with Crippen LogP contribution in [-0.4, -0.2) is 58.4 Å². The van der Waals surface area contributed by atoms with Gasteiger partial charge in [0, 0.05) is 40.5 Å². The molecule has 1 saturated carbocycles. The third-order valence-corrected chi connectivity index (χ3v) is 10.8. The highest BCUT2D eigenvalue weighted by Crippen LogP contribution is 2.48. The van der Waals surface area contributed by atoms with Gasteiger partial charge < -0.3 is 18.8 Å². The van der Waals surface area contributed by atoms with Crippen LogP contribution < -0.4 is 9.46 Å². The van der Waals surface area contributed by atoms with Gasteiger partial charge >= 0.3 is 5.97 Å². The van der Waals surface area contributed by atoms with E-state index in [2.05, 4.69) is 53.5 Å². The van der Waals surface area contributed by atoms with Crippen LogP contribution in [0.15, 0.2) is 42.6 Å². The number of benzene rings is 2. The summed E-state index contributed by atoms with van der Waals surface area (Å²) < 4.78 is 24.5. The highest BCUT2D eigenvalue weighted by Gasteiger charge is 2.33. The number of amides is 1. The first-order chi connectivity index (χ1) is 23.9. The molecule has 0 unspecified atom stereocenters. The molecule has 1 saturated heterocycles. The van der Waals surface area contributed by atoms with Gasteiger partial charge in [0.1, 0.15) is 11.3 Å². The molecular weight excluding hydrogens is 637 g/mol. The van der Waals surface area contributed by atoms with Gasteiger partial charge in [0.15, 0.2) is 0 Å². The van der Waals surface area contributed by atoms with Crippen LogP contribution in [0.4, 0.5) is 0 Å². The Bertz CT molecular complexity index is 1890. The number of fused-ring (bicyclic) bond motifs is 5. The third kappa shape index (κ3) is 6.53. The van der Waals surface area contributed by atoms with E-state index < -0.39 is 0 Å². The van der Waals surface area contributed by atoms with Crippen molar-refractivity contribution in [3.63, 3.8) is 0 Å². The van der Waals surface area contributed by atoms with E-state index >= 15 is 0 Å². The van der Waals surface area contributed by atoms with Crippen LogP contribution in [0.1, 0.15) is 115 Å². The molecule has 2 aromatic heterocycles. The average Bonchev–Trinajstić information content (AvgIpc) is 3.66. The molecule has 1 N–H and O–H groups in total. The Morgan fingerprint density at radius 1 is 1.04 bits per heavy atom. The fourth-order valence-corrected chi connectivity index (χ4v) is 8.26. The minimum absolute atomic E-state index is 0.0910. The maximum atomic E-state index is 13.5. The van der Waals surface area contributed by atoms with Gasteiger partial charge in [-0.2, -0.15) is 5.10 Å². The van der Waals surface area contributed by atoms with Gasteiger partial charge in [0.05, 0.1) is 43.9 Å². The number of carbonyl (C=O) groups excluding carboxylic acids is 2. The van der Waals surface area contributed by atoms with E-state index in [1.807, 2.05) is 23.7 Å². The van der Waals surface area contributed by atoms with E-state index in [4.69, 9.17) is 19.3 Å². The lowest BCUT2D eigenvalue weighted by Crippen LogP contribution is -2.23. The molecule has 49 heavy (non-hydrogen) atoms. The van der Waals surface area contributed by atoms with E-state index in [1.54, 1.807) is 13.3 Å². The normalized spacial score (nSPS) is 17.0. The molecule has 10 heteroatoms. The second-order valence-electron chi connectivity index (χ2n) is 13.6. The van der Waals surface area contributed by atoms with Crippen molar-refractivity contribution >= 4 is 46.4 Å². The minimum Gasteiger partial charge on any atom is -0.497 e. The molecule has 2 aliphatic heterocycles. The first-order valence-electron chi connectivity index (χ1n) is 17.7. The predicted molar refractivity (Wildman–Crippen MR) is 195 cm³/mol. The molecule has 0 spiro atoms. The van der Waals surface area contributed by atoms with Gasteiger partial charge in [0.2, 0.25) is 0 Å². The summed E-state index contributed by atoms with van der Waals surface area (Å²) in [6, 6.07) is 12.5. The molecular formula is C39H46N4O5S. The molecule has 9 nitrogen and oxygen atoms in total. The monoisotopic (exact) mass is 682 g/mol. The largest absolute Gasteiger partial charge is 0.497 e. The molecule has 2 fully saturated rings. The molecule has 258 valence electrons. The summed E-state index contributed by atoms with van der Waals surface area (Å²) in [5.74, 6) is 0.687. The molecule has 3 aliphatic rings. The third-order valence-electron chi connectivity index (χ3n) is 10.1. The fraction of sp³-hybridized carbons (Fsp3) is 0.462. The number of esters is 1. The van der Waals surface area contributed by atoms with Crippen LogP contribution in [0.25, 0.3) is 33.8 Å². The minimum atomic E-state index is -0.381. The van der Waals surface area contributed by atoms with Gasteiger partial charge in [-0.15, -0.1) is 0 Å². The molecule has 0 radical (unpaired) electrons. The molecule has 1 aliphatic carbocycles. The fourth-order valence-electron chi connectivity index (χ4n) is 7.80. The standard InChI is InChI=1S/C39H46N4O5S/c1-5-48-39(45)33-22-40-43(29-15-17-47-18-16-29)36(33)28-19-27-20-30(46-4)12-14-31(27)37-35(25-9-7-6-8-10-25)32-13-11-26(21-34(32)42(37)23-28)38(44)41-49-24(2)3/h11-14,19-22,24-25,29H,5-10,15-18,23H2,1-4H3,(H,41,44). The number of hydrogen-bond donors (Lipinski definition) is 1. The van der Waals surface area contributed by atoms with Crippen molar-refractivity contribution < 1.29 is 23.8 Å². The number of carbonyl (C=O) groups is 2. The maximum absolute atomic E-state index is 13.5. The summed E-state index contributed by atoms with van der Waals surface area (Å²) in [4.78, 5) is 27.0. The van der Waals surface area contributed by atoms with Gasteiger partial charge in [-0.1, -0.05) is 39.2 Å². The van der Waals surface area contributed by atoms with E-state index in [-0.39, 0.29) is 29.8 Å². The SMILES string of the molecule is CCOC(=O)c1cnn(C2CCOCC2)c1C1=Cc2cc(OC)ccc2-c2c(C3CCCCC3)c3ccc(C(=O)NSC(C)C)cc3n2C1. The van der Waals surface area contributed by atoms with Crippen LogP contribution in [0, 0.1) is 0 Å². The molecule has 7 rings (SSSR count). The Labute approximate surface area is 292 Å². The van der Waals surface area contributed by atoms with E-state index in [1.165, 1.54) is 47.9 Å². The zero-order valence-electron chi connectivity index (χ0n) is 28.9. The van der Waals surface area contributed by atoms with Gasteiger partial charge in [-0.25, -0.2) is 4.79 Å². The van der Waals surface area contributed by atoms with Gasteiger partial charge in [-0.3, -0.25) is 14.2 Å². The quantitative estimate of drug-likeness (QED) is 0.140. The number of hydrogen-bond acceptors (Lipinski definition) is 7. The van der Waals surface area contributed by atoms with Crippen molar-refractivity contribution in [2.24, 2.45) is 0 Å². The first-order valence-corrected chi connectivity index (χ1v) is 18.6. The average molecular weight is 683 g/mol. The second-order valence-corrected chi connectivity index (χ2v) is 14.9. The van der Waals surface area contributed by atoms with Crippen LogP contribution in [0.2, 0.25) is 0 Å². The van der Waals surface area contributed by atoms with Crippen LogP contribution in [0.5, 0.6) is 5.75 Å². The topological polar surface area (TPSA) is 96.6 Å². The molecule has 4 heterocycles. The lowest BCUT2D eigenvalue weighted by Gasteiger charge is -2.25. The number of ether oxygens (including phenoxy) is 3. The van der Waals surface area contributed by atoms with Crippen molar-refractivity contribution in [2.45, 2.75) is 89.5 Å². The van der Waals surface area contributed by atoms with Crippen molar-refractivity contribution in [1.29, 1.82) is 0 Å². The predicted octanol–water partition coefficient (Wildman–Crippen LogP) is 8.43. The number of aromatic nitrogens is 3. The summed E-state index contributed by atoms with van der Waals surface area (Å²) in [5.41, 5.74) is 8.49. The van der Waals surface area contributed by atoms with Crippen molar-refractivity contribution in [3.05, 3.63) is 70.5 Å².